The Morgan fingerprint density at radius 3 is 2.45 bits per heavy atom. The van der Waals surface area contributed by atoms with E-state index in [1.165, 1.54) is 6.07 Å². The number of hydrogen-bond donors (Lipinski definition) is 1. The Morgan fingerprint density at radius 1 is 1.16 bits per heavy atom. The van der Waals surface area contributed by atoms with Crippen LogP contribution in [0.25, 0.3) is 0 Å². The van der Waals surface area contributed by atoms with Crippen molar-refractivity contribution in [3.05, 3.63) is 41.1 Å². The lowest BCUT2D eigenvalue weighted by Gasteiger charge is -2.42. The first-order chi connectivity index (χ1) is 17.8. The van der Waals surface area contributed by atoms with Gasteiger partial charge in [-0.25, -0.2) is 4.79 Å². The molecule has 4 rings (SSSR count). The van der Waals surface area contributed by atoms with Crippen LogP contribution < -0.4 is 10.2 Å². The molecule has 0 bridgehead atoms. The molecule has 0 saturated carbocycles. The number of halogens is 3. The average Bonchev–Trinajstić information content (AvgIpc) is 3.53. The quantitative estimate of drug-likeness (QED) is 0.563. The van der Waals surface area contributed by atoms with Crippen LogP contribution in [0.15, 0.2) is 30.0 Å². The smallest absolute Gasteiger partial charge is 0.416 e. The monoisotopic (exact) mass is 537 g/mol. The van der Waals surface area contributed by atoms with Gasteiger partial charge in [0.1, 0.15) is 5.60 Å². The summed E-state index contributed by atoms with van der Waals surface area (Å²) in [5.41, 5.74) is 0.0336. The summed E-state index contributed by atoms with van der Waals surface area (Å²) in [7, 11) is 0. The summed E-state index contributed by atoms with van der Waals surface area (Å²) in [5, 5.41) is 2.82. The maximum absolute atomic E-state index is 14.0. The van der Waals surface area contributed by atoms with Crippen LogP contribution in [0.5, 0.6) is 0 Å². The Hall–Kier alpha value is -2.75. The normalized spacial score (nSPS) is 24.4. The molecule has 38 heavy (non-hydrogen) atoms. The Bertz CT molecular complexity index is 1070. The summed E-state index contributed by atoms with van der Waals surface area (Å²) >= 11 is 0. The van der Waals surface area contributed by atoms with Crippen LogP contribution in [-0.4, -0.2) is 61.9 Å². The predicted octanol–water partition coefficient (Wildman–Crippen LogP) is 5.14. The number of aryl methyl sites for hydroxylation is 1. The molecule has 0 radical (unpaired) electrons. The van der Waals surface area contributed by atoms with Gasteiger partial charge < -0.3 is 19.3 Å². The second-order valence-corrected chi connectivity index (χ2v) is 11.4. The Morgan fingerprint density at radius 2 is 1.87 bits per heavy atom. The van der Waals surface area contributed by atoms with Crippen LogP contribution in [0.4, 0.5) is 23.7 Å². The molecule has 2 amide bonds. The highest BCUT2D eigenvalue weighted by Gasteiger charge is 2.50. The number of piperazine rings is 1. The number of rotatable bonds is 5. The van der Waals surface area contributed by atoms with E-state index in [1.54, 1.807) is 26.8 Å². The minimum absolute atomic E-state index is 0.00104. The van der Waals surface area contributed by atoms with E-state index in [9.17, 15) is 22.8 Å². The van der Waals surface area contributed by atoms with Gasteiger partial charge in [-0.3, -0.25) is 10.1 Å². The number of benzene rings is 1. The average molecular weight is 538 g/mol. The molecule has 2 aliphatic heterocycles. The fourth-order valence-corrected chi connectivity index (χ4v) is 5.71. The van der Waals surface area contributed by atoms with Gasteiger partial charge in [-0.15, -0.1) is 0 Å². The Kier molecular flexibility index (Phi) is 8.02. The lowest BCUT2D eigenvalue weighted by Crippen LogP contribution is -2.54. The number of hydrogen-bond acceptors (Lipinski definition) is 5. The number of ether oxygens (including phenoxy) is 2. The number of carbonyl (C=O) groups excluding carboxylic acids is 2. The van der Waals surface area contributed by atoms with Crippen molar-refractivity contribution in [1.29, 1.82) is 0 Å². The molecule has 2 atom stereocenters. The number of alkyl halides is 3. The third-order valence-corrected chi connectivity index (χ3v) is 7.66. The molecule has 10 heteroatoms. The number of anilines is 1. The summed E-state index contributed by atoms with van der Waals surface area (Å²) < 4.78 is 51.1. The van der Waals surface area contributed by atoms with Gasteiger partial charge in [0.15, 0.2) is 0 Å². The van der Waals surface area contributed by atoms with E-state index in [1.807, 2.05) is 22.8 Å². The fraction of sp³-hybridized carbons (Fsp3) is 0.643. The minimum atomic E-state index is -4.41. The third kappa shape index (κ3) is 6.11. The van der Waals surface area contributed by atoms with Gasteiger partial charge in [0.05, 0.1) is 17.6 Å². The molecule has 0 spiro atoms. The van der Waals surface area contributed by atoms with Gasteiger partial charge in [0.25, 0.3) is 0 Å². The summed E-state index contributed by atoms with van der Waals surface area (Å²) in [5.74, 6) is -0.00507. The lowest BCUT2D eigenvalue weighted by molar-refractivity contribution is -0.142. The standard InChI is InChI=1S/C28H38F3N3O4/c1-5-19-6-7-20(28(29,30)31)16-23(19)33-11-13-34(14-12-33)24(35)27(21-9-15-37-18-21)10-8-22(17-27)32-25(36)38-26(2,3)4/h6-7,16-17,21H,5,8-15,18H2,1-4H3,(H,32,36)/t21?,27-/m0/s1. The van der Waals surface area contributed by atoms with Gasteiger partial charge in [-0.1, -0.05) is 13.0 Å². The number of carbonyl (C=O) groups is 2. The van der Waals surface area contributed by atoms with Gasteiger partial charge in [0, 0.05) is 50.1 Å². The fourth-order valence-electron chi connectivity index (χ4n) is 5.71. The zero-order valence-corrected chi connectivity index (χ0v) is 22.6. The number of amides is 2. The lowest BCUT2D eigenvalue weighted by atomic mass is 9.73. The summed E-state index contributed by atoms with van der Waals surface area (Å²) in [6.45, 7) is 10.1. The van der Waals surface area contributed by atoms with E-state index in [-0.39, 0.29) is 11.8 Å². The van der Waals surface area contributed by atoms with E-state index < -0.39 is 28.8 Å². The zero-order valence-electron chi connectivity index (χ0n) is 22.6. The van der Waals surface area contributed by atoms with Crippen molar-refractivity contribution in [3.63, 3.8) is 0 Å². The molecule has 210 valence electrons. The minimum Gasteiger partial charge on any atom is -0.444 e. The van der Waals surface area contributed by atoms with Crippen molar-refractivity contribution in [2.45, 2.75) is 65.2 Å². The second kappa shape index (κ2) is 10.8. The van der Waals surface area contributed by atoms with E-state index in [4.69, 9.17) is 9.47 Å². The summed E-state index contributed by atoms with van der Waals surface area (Å²) in [4.78, 5) is 30.2. The van der Waals surface area contributed by atoms with Gasteiger partial charge in [-0.05, 0) is 70.2 Å². The van der Waals surface area contributed by atoms with E-state index >= 15 is 0 Å². The molecule has 2 saturated heterocycles. The molecule has 1 unspecified atom stereocenters. The molecule has 7 nitrogen and oxygen atoms in total. The molecule has 2 heterocycles. The molecular formula is C28H38F3N3O4. The Balaban J connectivity index is 1.50. The highest BCUT2D eigenvalue weighted by molar-refractivity contribution is 5.86. The van der Waals surface area contributed by atoms with Gasteiger partial charge >= 0.3 is 12.3 Å². The molecular weight excluding hydrogens is 499 g/mol. The number of nitrogens with one attached hydrogen (secondary N) is 1. The third-order valence-electron chi connectivity index (χ3n) is 7.66. The zero-order chi connectivity index (χ0) is 27.7. The van der Waals surface area contributed by atoms with Crippen molar-refractivity contribution in [3.8, 4) is 0 Å². The largest absolute Gasteiger partial charge is 0.444 e. The van der Waals surface area contributed by atoms with E-state index in [0.717, 1.165) is 18.1 Å². The van der Waals surface area contributed by atoms with Crippen LogP contribution in [0.1, 0.15) is 58.1 Å². The Labute approximate surface area is 222 Å². The molecule has 3 aliphatic rings. The van der Waals surface area contributed by atoms with Crippen molar-refractivity contribution < 1.29 is 32.2 Å². The maximum atomic E-state index is 14.0. The second-order valence-electron chi connectivity index (χ2n) is 11.4. The van der Waals surface area contributed by atoms with Gasteiger partial charge in [-0.2, -0.15) is 13.2 Å². The highest BCUT2D eigenvalue weighted by Crippen LogP contribution is 2.47. The van der Waals surface area contributed by atoms with Gasteiger partial charge in [0.2, 0.25) is 5.91 Å². The summed E-state index contributed by atoms with van der Waals surface area (Å²) in [6, 6.07) is 3.90. The van der Waals surface area contributed by atoms with Crippen LogP contribution in [-0.2, 0) is 26.9 Å². The van der Waals surface area contributed by atoms with Crippen LogP contribution >= 0.6 is 0 Å². The topological polar surface area (TPSA) is 71.1 Å². The van der Waals surface area contributed by atoms with E-state index in [0.29, 0.717) is 70.0 Å². The molecule has 1 N–H and O–H groups in total. The van der Waals surface area contributed by atoms with Crippen LogP contribution in [0, 0.1) is 11.3 Å². The van der Waals surface area contributed by atoms with Crippen molar-refractivity contribution in [2.75, 3.05) is 44.3 Å². The molecule has 1 aliphatic carbocycles. The molecule has 1 aromatic carbocycles. The number of allylic oxidation sites excluding steroid dienone is 1. The van der Waals surface area contributed by atoms with Crippen molar-refractivity contribution in [1.82, 2.24) is 10.2 Å². The van der Waals surface area contributed by atoms with Crippen molar-refractivity contribution in [2.24, 2.45) is 11.3 Å². The van der Waals surface area contributed by atoms with E-state index in [2.05, 4.69) is 5.32 Å². The molecule has 2 fully saturated rings. The highest BCUT2D eigenvalue weighted by atomic mass is 19.4. The first-order valence-corrected chi connectivity index (χ1v) is 13.4. The number of nitrogens with zero attached hydrogens (tertiary/aromatic N) is 2. The maximum Gasteiger partial charge on any atom is 0.416 e. The summed E-state index contributed by atoms with van der Waals surface area (Å²) in [6.07, 6.45) is -0.566. The molecule has 1 aromatic rings. The first kappa shape index (κ1) is 28.3. The van der Waals surface area contributed by atoms with Crippen LogP contribution in [0.3, 0.4) is 0 Å². The van der Waals surface area contributed by atoms with Crippen molar-refractivity contribution >= 4 is 17.7 Å². The SMILES string of the molecule is CCc1ccc(C(F)(F)F)cc1N1CCN(C(=O)[C@]2(C3CCOC3)C=C(NC(=O)OC(C)(C)C)CC2)CC1. The first-order valence-electron chi connectivity index (χ1n) is 13.4. The predicted molar refractivity (Wildman–Crippen MR) is 138 cm³/mol. The number of alkyl carbamates (subject to hydrolysis) is 1. The molecule has 0 aromatic heterocycles. The van der Waals surface area contributed by atoms with Crippen LogP contribution in [0.2, 0.25) is 0 Å².